The molecule has 42 heavy (non-hydrogen) atoms. The van der Waals surface area contributed by atoms with Crippen LogP contribution < -0.4 is 15.5 Å². The number of nitrogens with one attached hydrogen (secondary N) is 3. The van der Waals surface area contributed by atoms with Gasteiger partial charge in [-0.2, -0.15) is 0 Å². The van der Waals surface area contributed by atoms with Gasteiger partial charge in [0.15, 0.2) is 0 Å². The predicted molar refractivity (Wildman–Crippen MR) is 164 cm³/mol. The Bertz CT molecular complexity index is 1450. The Labute approximate surface area is 247 Å². The molecular weight excluding hydrogens is 530 g/mol. The second-order valence-corrected chi connectivity index (χ2v) is 12.5. The molecule has 2 fully saturated rings. The lowest BCUT2D eigenvalue weighted by atomic mass is 9.69. The molecule has 9 heteroatoms. The van der Waals surface area contributed by atoms with E-state index in [0.717, 1.165) is 67.1 Å². The number of imide groups is 1. The molecular formula is C33H41N5O4. The predicted octanol–water partition coefficient (Wildman–Crippen LogP) is 4.48. The molecule has 5 rings (SSSR count). The Kier molecular flexibility index (Phi) is 8.21. The average Bonchev–Trinajstić information content (AvgIpc) is 3.26. The molecule has 2 heterocycles. The number of carbonyl (C=O) groups is 4. The van der Waals surface area contributed by atoms with Crippen LogP contribution in [0.3, 0.4) is 0 Å². The van der Waals surface area contributed by atoms with E-state index in [9.17, 15) is 19.2 Å². The monoisotopic (exact) mass is 571 g/mol. The molecule has 4 amide bonds. The highest BCUT2D eigenvalue weighted by molar-refractivity contribution is 6.27. The fraction of sp³-hybridized carbons (Fsp3) is 0.485. The summed E-state index contributed by atoms with van der Waals surface area (Å²) in [6.07, 6.45) is 10.0. The van der Waals surface area contributed by atoms with E-state index in [1.807, 2.05) is 42.3 Å². The highest BCUT2D eigenvalue weighted by Gasteiger charge is 2.43. The number of nitrogens with zero attached hydrogens (tertiary/aromatic N) is 2. The number of anilines is 1. The number of rotatable bonds is 11. The first-order chi connectivity index (χ1) is 20.1. The van der Waals surface area contributed by atoms with Crippen molar-refractivity contribution in [3.8, 4) is 0 Å². The van der Waals surface area contributed by atoms with Crippen molar-refractivity contribution < 1.29 is 19.2 Å². The van der Waals surface area contributed by atoms with Crippen molar-refractivity contribution in [2.75, 3.05) is 18.0 Å². The van der Waals surface area contributed by atoms with Gasteiger partial charge < -0.3 is 15.6 Å². The molecule has 1 saturated carbocycles. The molecule has 2 aromatic carbocycles. The van der Waals surface area contributed by atoms with Crippen LogP contribution in [0.5, 0.6) is 0 Å². The minimum atomic E-state index is -0.783. The molecule has 1 saturated heterocycles. The summed E-state index contributed by atoms with van der Waals surface area (Å²) >= 11 is 0. The summed E-state index contributed by atoms with van der Waals surface area (Å²) in [5.74, 6) is -0.451. The van der Waals surface area contributed by atoms with Crippen LogP contribution in [0.4, 0.5) is 5.69 Å². The lowest BCUT2D eigenvalue weighted by Gasteiger charge is -2.45. The van der Waals surface area contributed by atoms with E-state index in [4.69, 9.17) is 5.41 Å². The summed E-state index contributed by atoms with van der Waals surface area (Å²) in [5, 5.41) is 15.6. The van der Waals surface area contributed by atoms with Crippen LogP contribution in [-0.2, 0) is 20.8 Å². The third-order valence-corrected chi connectivity index (χ3v) is 9.51. The largest absolute Gasteiger partial charge is 0.385 e. The molecule has 2 aromatic rings. The number of hydrogen-bond acceptors (Lipinski definition) is 6. The third kappa shape index (κ3) is 5.32. The van der Waals surface area contributed by atoms with E-state index in [-0.39, 0.29) is 16.9 Å². The second kappa shape index (κ2) is 11.7. The van der Waals surface area contributed by atoms with Gasteiger partial charge in [0, 0.05) is 53.8 Å². The van der Waals surface area contributed by atoms with Crippen LogP contribution >= 0.6 is 0 Å². The molecule has 0 spiro atoms. The fourth-order valence-corrected chi connectivity index (χ4v) is 6.62. The SMILES string of the molecule is CCCC(C(=O)NC=O)N1C(=O)c2cccc3c(C/C(C=N)=C/NC4(C)CCN(C(=O)C5(C)CCC5)CC4)ccc1c23. The first-order valence-corrected chi connectivity index (χ1v) is 15.0. The maximum atomic E-state index is 13.5. The van der Waals surface area contributed by atoms with Crippen LogP contribution in [0.15, 0.2) is 42.1 Å². The van der Waals surface area contributed by atoms with Gasteiger partial charge in [-0.25, -0.2) is 0 Å². The Balaban J connectivity index is 1.34. The molecule has 0 bridgehead atoms. The molecule has 9 nitrogen and oxygen atoms in total. The number of piperidine rings is 1. The minimum Gasteiger partial charge on any atom is -0.385 e. The van der Waals surface area contributed by atoms with E-state index in [1.165, 1.54) is 11.1 Å². The summed E-state index contributed by atoms with van der Waals surface area (Å²) in [7, 11) is 0. The molecule has 1 atom stereocenters. The number of likely N-dealkylation sites (tertiary alicyclic amines) is 1. The number of benzene rings is 2. The van der Waals surface area contributed by atoms with Crippen molar-refractivity contribution in [2.45, 2.75) is 83.7 Å². The Morgan fingerprint density at radius 3 is 2.45 bits per heavy atom. The Morgan fingerprint density at radius 1 is 1.10 bits per heavy atom. The van der Waals surface area contributed by atoms with Crippen LogP contribution in [0, 0.1) is 10.8 Å². The van der Waals surface area contributed by atoms with Crippen molar-refractivity contribution in [2.24, 2.45) is 5.41 Å². The van der Waals surface area contributed by atoms with Gasteiger partial charge in [0.1, 0.15) is 6.04 Å². The molecule has 3 aliphatic rings. The number of hydrogen-bond donors (Lipinski definition) is 3. The van der Waals surface area contributed by atoms with Crippen LogP contribution in [-0.4, -0.2) is 59.9 Å². The average molecular weight is 572 g/mol. The Morgan fingerprint density at radius 2 is 1.83 bits per heavy atom. The van der Waals surface area contributed by atoms with Gasteiger partial charge in [-0.15, -0.1) is 0 Å². The van der Waals surface area contributed by atoms with Gasteiger partial charge in [0.25, 0.3) is 5.91 Å². The zero-order chi connectivity index (χ0) is 30.1. The van der Waals surface area contributed by atoms with E-state index in [2.05, 4.69) is 24.5 Å². The van der Waals surface area contributed by atoms with Crippen LogP contribution in [0.2, 0.25) is 0 Å². The zero-order valence-electron chi connectivity index (χ0n) is 24.8. The summed E-state index contributed by atoms with van der Waals surface area (Å²) < 4.78 is 0. The van der Waals surface area contributed by atoms with Gasteiger partial charge in [-0.05, 0) is 67.7 Å². The molecule has 3 N–H and O–H groups in total. The Hall–Kier alpha value is -4.01. The van der Waals surface area contributed by atoms with E-state index in [0.29, 0.717) is 42.8 Å². The smallest absolute Gasteiger partial charge is 0.259 e. The molecule has 0 aromatic heterocycles. The van der Waals surface area contributed by atoms with Crippen molar-refractivity contribution in [1.82, 2.24) is 15.5 Å². The molecule has 1 unspecified atom stereocenters. The third-order valence-electron chi connectivity index (χ3n) is 9.51. The minimum absolute atomic E-state index is 0.170. The topological polar surface area (TPSA) is 123 Å². The highest BCUT2D eigenvalue weighted by atomic mass is 16.2. The first kappa shape index (κ1) is 29.5. The van der Waals surface area contributed by atoms with Crippen LogP contribution in [0.25, 0.3) is 10.8 Å². The second-order valence-electron chi connectivity index (χ2n) is 12.5. The van der Waals surface area contributed by atoms with Crippen molar-refractivity contribution in [1.29, 1.82) is 5.41 Å². The summed E-state index contributed by atoms with van der Waals surface area (Å²) in [6, 6.07) is 8.64. The van der Waals surface area contributed by atoms with Gasteiger partial charge >= 0.3 is 0 Å². The first-order valence-electron chi connectivity index (χ1n) is 15.0. The van der Waals surface area contributed by atoms with Crippen molar-refractivity contribution >= 4 is 46.8 Å². The van der Waals surface area contributed by atoms with Gasteiger partial charge in [0.2, 0.25) is 18.2 Å². The van der Waals surface area contributed by atoms with Gasteiger partial charge in [0.05, 0.1) is 5.69 Å². The van der Waals surface area contributed by atoms with Gasteiger partial charge in [-0.1, -0.05) is 44.9 Å². The zero-order valence-corrected chi connectivity index (χ0v) is 24.8. The summed E-state index contributed by atoms with van der Waals surface area (Å²) in [6.45, 7) is 7.66. The number of allylic oxidation sites excluding steroid dienone is 1. The van der Waals surface area contributed by atoms with E-state index >= 15 is 0 Å². The molecule has 222 valence electrons. The molecule has 1 aliphatic carbocycles. The standard InChI is InChI=1S/C33H41N5O4/c1-4-7-27(29(40)35-21-39)38-26-11-10-23(24-8-5-9-25(28(24)26)30(38)41)18-22(19-34)20-36-33(3)14-16-37(17-15-33)31(42)32(2)12-6-13-32/h5,8-11,19-21,27,34,36H,4,6-7,12-18H2,1-3H3,(H,35,39,40)/b22-20-,34-19?. The molecule has 2 aliphatic heterocycles. The fourth-order valence-electron chi connectivity index (χ4n) is 6.62. The summed E-state index contributed by atoms with van der Waals surface area (Å²) in [5.41, 5.74) is 2.63. The number of amides is 4. The quantitative estimate of drug-likeness (QED) is 0.271. The van der Waals surface area contributed by atoms with Gasteiger partial charge in [-0.3, -0.25) is 29.4 Å². The maximum absolute atomic E-state index is 13.5. The van der Waals surface area contributed by atoms with E-state index in [1.54, 1.807) is 6.07 Å². The van der Waals surface area contributed by atoms with Crippen molar-refractivity contribution in [3.63, 3.8) is 0 Å². The maximum Gasteiger partial charge on any atom is 0.259 e. The van der Waals surface area contributed by atoms with E-state index < -0.39 is 11.9 Å². The normalized spacial score (nSPS) is 19.7. The van der Waals surface area contributed by atoms with Crippen LogP contribution in [0.1, 0.15) is 81.6 Å². The summed E-state index contributed by atoms with van der Waals surface area (Å²) in [4.78, 5) is 53.7. The lowest BCUT2D eigenvalue weighted by molar-refractivity contribution is -0.147. The lowest BCUT2D eigenvalue weighted by Crippen LogP contribution is -2.55. The number of carbonyl (C=O) groups excluding carboxylic acids is 4. The molecule has 0 radical (unpaired) electrons. The van der Waals surface area contributed by atoms with Crippen molar-refractivity contribution in [3.05, 3.63) is 53.2 Å². The highest BCUT2D eigenvalue weighted by Crippen LogP contribution is 2.43.